The maximum Gasteiger partial charge on any atom is 0.248 e. The number of hydrogen-bond acceptors (Lipinski definition) is 4. The third-order valence-corrected chi connectivity index (χ3v) is 5.99. The second-order valence-electron chi connectivity index (χ2n) is 7.58. The topological polar surface area (TPSA) is 60.2 Å². The van der Waals surface area contributed by atoms with Gasteiger partial charge in [-0.05, 0) is 31.0 Å². The lowest BCUT2D eigenvalue weighted by molar-refractivity contribution is -0.134. The summed E-state index contributed by atoms with van der Waals surface area (Å²) in [6.45, 7) is 2.61. The highest BCUT2D eigenvalue weighted by Crippen LogP contribution is 2.43. The lowest BCUT2D eigenvalue weighted by Gasteiger charge is -2.23. The van der Waals surface area contributed by atoms with Crippen molar-refractivity contribution in [1.82, 2.24) is 19.7 Å². The van der Waals surface area contributed by atoms with Crippen molar-refractivity contribution in [3.05, 3.63) is 48.3 Å². The zero-order chi connectivity index (χ0) is 18.4. The Morgan fingerprint density at radius 1 is 1.22 bits per heavy atom. The zero-order valence-corrected chi connectivity index (χ0v) is 15.4. The minimum absolute atomic E-state index is 0.0267. The predicted octanol–water partition coefficient (Wildman–Crippen LogP) is 2.62. The standard InChI is InChI=1S/C21H22N4O2/c1-27-13-20(26)24-8-6-21(14-24)7-9-25-19(21)11-18(23-25)16-10-15-4-2-3-5-17(15)22-12-16/h2-5,10-12H,6-9,13-14H2,1H3. The highest BCUT2D eigenvalue weighted by molar-refractivity contribution is 5.83. The first-order valence-electron chi connectivity index (χ1n) is 9.39. The quantitative estimate of drug-likeness (QED) is 0.719. The normalized spacial score (nSPS) is 21.3. The van der Waals surface area contributed by atoms with E-state index in [1.54, 1.807) is 7.11 Å². The molecule has 138 valence electrons. The largest absolute Gasteiger partial charge is 0.375 e. The van der Waals surface area contributed by atoms with E-state index in [0.717, 1.165) is 54.6 Å². The van der Waals surface area contributed by atoms with Gasteiger partial charge in [0.2, 0.25) is 5.91 Å². The number of hydrogen-bond donors (Lipinski definition) is 0. The smallest absolute Gasteiger partial charge is 0.248 e. The number of carbonyl (C=O) groups excluding carboxylic acids is 1. The van der Waals surface area contributed by atoms with Crippen LogP contribution in [0.25, 0.3) is 22.2 Å². The number of aryl methyl sites for hydroxylation is 1. The zero-order valence-electron chi connectivity index (χ0n) is 15.4. The molecule has 6 nitrogen and oxygen atoms in total. The van der Waals surface area contributed by atoms with E-state index in [4.69, 9.17) is 9.84 Å². The van der Waals surface area contributed by atoms with Crippen LogP contribution in [0.5, 0.6) is 0 Å². The van der Waals surface area contributed by atoms with Crippen LogP contribution in [0.15, 0.2) is 42.6 Å². The van der Waals surface area contributed by atoms with Crippen LogP contribution < -0.4 is 0 Å². The molecule has 2 aromatic heterocycles. The molecule has 5 rings (SSSR count). The summed E-state index contributed by atoms with van der Waals surface area (Å²) in [7, 11) is 1.57. The molecular weight excluding hydrogens is 340 g/mol. The number of fused-ring (bicyclic) bond motifs is 3. The van der Waals surface area contributed by atoms with Crippen LogP contribution in [0.4, 0.5) is 0 Å². The second kappa shape index (κ2) is 6.16. The van der Waals surface area contributed by atoms with Crippen LogP contribution in [-0.2, 0) is 21.5 Å². The molecule has 0 radical (unpaired) electrons. The van der Waals surface area contributed by atoms with Gasteiger partial charge in [-0.1, -0.05) is 18.2 Å². The van der Waals surface area contributed by atoms with E-state index in [2.05, 4.69) is 27.9 Å². The van der Waals surface area contributed by atoms with Gasteiger partial charge in [-0.2, -0.15) is 5.10 Å². The maximum absolute atomic E-state index is 12.2. The number of benzene rings is 1. The molecule has 0 saturated carbocycles. The van der Waals surface area contributed by atoms with Gasteiger partial charge in [0.05, 0.1) is 11.2 Å². The number of likely N-dealkylation sites (tertiary alicyclic amines) is 1. The summed E-state index contributed by atoms with van der Waals surface area (Å²) in [6, 6.07) is 12.5. The van der Waals surface area contributed by atoms with Crippen LogP contribution >= 0.6 is 0 Å². The van der Waals surface area contributed by atoms with Gasteiger partial charge in [-0.25, -0.2) is 0 Å². The van der Waals surface area contributed by atoms with E-state index in [1.807, 2.05) is 29.3 Å². The SMILES string of the molecule is COCC(=O)N1CCC2(CCn3nc(-c4cnc5ccccc5c4)cc32)C1. The van der Waals surface area contributed by atoms with Gasteiger partial charge in [0, 0.05) is 55.0 Å². The summed E-state index contributed by atoms with van der Waals surface area (Å²) in [5, 5.41) is 5.96. The number of rotatable bonds is 3. The minimum Gasteiger partial charge on any atom is -0.375 e. The van der Waals surface area contributed by atoms with Crippen LogP contribution in [0.1, 0.15) is 18.5 Å². The Hall–Kier alpha value is -2.73. The highest BCUT2D eigenvalue weighted by atomic mass is 16.5. The van der Waals surface area contributed by atoms with Crippen LogP contribution in [0.3, 0.4) is 0 Å². The van der Waals surface area contributed by atoms with Gasteiger partial charge in [-0.3, -0.25) is 14.5 Å². The molecule has 4 heterocycles. The summed E-state index contributed by atoms with van der Waals surface area (Å²) in [6.07, 6.45) is 3.93. The van der Waals surface area contributed by atoms with Gasteiger partial charge < -0.3 is 9.64 Å². The number of amides is 1. The summed E-state index contributed by atoms with van der Waals surface area (Å²) in [5.74, 6) is 0.0753. The highest BCUT2D eigenvalue weighted by Gasteiger charge is 2.46. The van der Waals surface area contributed by atoms with E-state index >= 15 is 0 Å². The molecule has 1 aromatic carbocycles. The Balaban J connectivity index is 1.46. The molecule has 3 aromatic rings. The van der Waals surface area contributed by atoms with Crippen molar-refractivity contribution < 1.29 is 9.53 Å². The van der Waals surface area contributed by atoms with Crippen molar-refractivity contribution in [2.75, 3.05) is 26.8 Å². The Morgan fingerprint density at radius 2 is 2.07 bits per heavy atom. The van der Waals surface area contributed by atoms with E-state index in [9.17, 15) is 4.79 Å². The van der Waals surface area contributed by atoms with Crippen molar-refractivity contribution in [2.45, 2.75) is 24.8 Å². The molecule has 0 aliphatic carbocycles. The van der Waals surface area contributed by atoms with Crippen molar-refractivity contribution >= 4 is 16.8 Å². The molecular formula is C21H22N4O2. The average Bonchev–Trinajstić information content (AvgIpc) is 3.39. The summed E-state index contributed by atoms with van der Waals surface area (Å²) < 4.78 is 7.14. The van der Waals surface area contributed by atoms with Gasteiger partial charge >= 0.3 is 0 Å². The van der Waals surface area contributed by atoms with Crippen molar-refractivity contribution in [3.8, 4) is 11.3 Å². The fourth-order valence-electron chi connectivity index (χ4n) is 4.53. The van der Waals surface area contributed by atoms with Crippen LogP contribution in [0.2, 0.25) is 0 Å². The van der Waals surface area contributed by atoms with E-state index < -0.39 is 0 Å². The third kappa shape index (κ3) is 2.63. The second-order valence-corrected chi connectivity index (χ2v) is 7.58. The van der Waals surface area contributed by atoms with E-state index in [0.29, 0.717) is 0 Å². The Kier molecular flexibility index (Phi) is 3.75. The summed E-state index contributed by atoms with van der Waals surface area (Å²) >= 11 is 0. The molecule has 1 spiro atoms. The lowest BCUT2D eigenvalue weighted by Crippen LogP contribution is -2.35. The monoisotopic (exact) mass is 362 g/mol. The molecule has 0 bridgehead atoms. The number of para-hydroxylation sites is 1. The fourth-order valence-corrected chi connectivity index (χ4v) is 4.53. The Bertz CT molecular complexity index is 1030. The van der Waals surface area contributed by atoms with Gasteiger partial charge in [-0.15, -0.1) is 0 Å². The molecule has 1 atom stereocenters. The Labute approximate surface area is 157 Å². The average molecular weight is 362 g/mol. The fraction of sp³-hybridized carbons (Fsp3) is 0.381. The van der Waals surface area contributed by atoms with Gasteiger partial charge in [0.1, 0.15) is 6.61 Å². The minimum atomic E-state index is 0.0267. The van der Waals surface area contributed by atoms with Crippen molar-refractivity contribution in [1.29, 1.82) is 0 Å². The molecule has 0 N–H and O–H groups in total. The van der Waals surface area contributed by atoms with E-state index in [1.165, 1.54) is 5.69 Å². The summed E-state index contributed by atoms with van der Waals surface area (Å²) in [5.41, 5.74) is 4.27. The molecule has 1 saturated heterocycles. The molecule has 1 amide bonds. The molecule has 6 heteroatoms. The third-order valence-electron chi connectivity index (χ3n) is 5.99. The first kappa shape index (κ1) is 16.4. The predicted molar refractivity (Wildman–Crippen MR) is 102 cm³/mol. The van der Waals surface area contributed by atoms with Crippen molar-refractivity contribution in [2.24, 2.45) is 0 Å². The van der Waals surface area contributed by atoms with Gasteiger partial charge in [0.25, 0.3) is 0 Å². The number of nitrogens with zero attached hydrogens (tertiary/aromatic N) is 4. The summed E-state index contributed by atoms with van der Waals surface area (Å²) in [4.78, 5) is 18.7. The Morgan fingerprint density at radius 3 is 2.96 bits per heavy atom. The van der Waals surface area contributed by atoms with Crippen molar-refractivity contribution in [3.63, 3.8) is 0 Å². The number of ether oxygens (including phenoxy) is 1. The first-order valence-corrected chi connectivity index (χ1v) is 9.39. The van der Waals surface area contributed by atoms with Crippen LogP contribution in [-0.4, -0.2) is 52.4 Å². The van der Waals surface area contributed by atoms with Gasteiger partial charge in [0.15, 0.2) is 0 Å². The van der Waals surface area contributed by atoms with Crippen LogP contribution in [0, 0.1) is 0 Å². The van der Waals surface area contributed by atoms with E-state index in [-0.39, 0.29) is 17.9 Å². The number of carbonyl (C=O) groups is 1. The number of aromatic nitrogens is 3. The molecule has 1 fully saturated rings. The molecule has 1 unspecified atom stereocenters. The molecule has 2 aliphatic rings. The number of pyridine rings is 1. The number of methoxy groups -OCH3 is 1. The first-order chi connectivity index (χ1) is 13.2. The maximum atomic E-state index is 12.2. The molecule has 2 aliphatic heterocycles. The molecule has 27 heavy (non-hydrogen) atoms. The lowest BCUT2D eigenvalue weighted by atomic mass is 9.82.